The van der Waals surface area contributed by atoms with Crippen molar-refractivity contribution in [1.82, 2.24) is 9.29 Å². The number of carbonyl (C=O) groups excluding carboxylic acids is 1. The van der Waals surface area contributed by atoms with Crippen LogP contribution in [0.5, 0.6) is 11.5 Å². The molecule has 33 heavy (non-hydrogen) atoms. The number of anilines is 1. The molecule has 1 heterocycles. The average molecular weight is 490 g/mol. The molecule has 3 aromatic rings. The molecule has 0 aliphatic carbocycles. The van der Waals surface area contributed by atoms with Crippen molar-refractivity contribution in [2.75, 3.05) is 32.6 Å². The summed E-state index contributed by atoms with van der Waals surface area (Å²) in [4.78, 5) is 17.5. The number of methoxy groups -OCH3 is 2. The number of thiazole rings is 1. The Hall–Kier alpha value is -2.95. The summed E-state index contributed by atoms with van der Waals surface area (Å²) < 4.78 is 37.9. The largest absolute Gasteiger partial charge is 0.493 e. The minimum absolute atomic E-state index is 0.132. The third-order valence-corrected chi connectivity index (χ3v) is 8.09. The number of hydrogen-bond donors (Lipinski definition) is 1. The van der Waals surface area contributed by atoms with Gasteiger partial charge in [-0.25, -0.2) is 13.4 Å². The third kappa shape index (κ3) is 5.02. The van der Waals surface area contributed by atoms with Crippen LogP contribution in [-0.4, -0.2) is 50.9 Å². The Morgan fingerprint density at radius 3 is 2.48 bits per heavy atom. The smallest absolute Gasteiger partial charge is 0.275 e. The van der Waals surface area contributed by atoms with Gasteiger partial charge in [0.25, 0.3) is 5.91 Å². The molecular formula is C23H27N3O5S2. The van der Waals surface area contributed by atoms with E-state index in [1.165, 1.54) is 21.7 Å². The average Bonchev–Trinajstić information content (AvgIpc) is 3.30. The van der Waals surface area contributed by atoms with Crippen LogP contribution in [0, 0.1) is 6.92 Å². The van der Waals surface area contributed by atoms with E-state index in [9.17, 15) is 13.2 Å². The Morgan fingerprint density at radius 2 is 1.85 bits per heavy atom. The number of amides is 1. The zero-order valence-corrected chi connectivity index (χ0v) is 20.8. The molecule has 1 amide bonds. The number of para-hydroxylation sites is 1. The highest BCUT2D eigenvalue weighted by Crippen LogP contribution is 2.39. The van der Waals surface area contributed by atoms with Crippen molar-refractivity contribution < 1.29 is 22.7 Å². The summed E-state index contributed by atoms with van der Waals surface area (Å²) >= 11 is 1.30. The molecule has 0 fully saturated rings. The summed E-state index contributed by atoms with van der Waals surface area (Å²) in [5.74, 6) is 0.671. The molecule has 2 aromatic carbocycles. The lowest BCUT2D eigenvalue weighted by Gasteiger charge is -2.19. The van der Waals surface area contributed by atoms with Gasteiger partial charge in [0, 0.05) is 24.2 Å². The number of aromatic nitrogens is 1. The van der Waals surface area contributed by atoms with Crippen LogP contribution in [0.4, 0.5) is 5.69 Å². The molecule has 3 rings (SSSR count). The number of hydrogen-bond acceptors (Lipinski definition) is 7. The van der Waals surface area contributed by atoms with Gasteiger partial charge in [-0.2, -0.15) is 4.31 Å². The lowest BCUT2D eigenvalue weighted by molar-refractivity contribution is 0.102. The van der Waals surface area contributed by atoms with E-state index in [1.54, 1.807) is 58.6 Å². The number of ether oxygens (including phenoxy) is 2. The lowest BCUT2D eigenvalue weighted by atomic mass is 10.2. The molecule has 1 N–H and O–H groups in total. The Bertz CT molecular complexity index is 1250. The van der Waals surface area contributed by atoms with Gasteiger partial charge in [0.05, 0.1) is 24.7 Å². The summed E-state index contributed by atoms with van der Waals surface area (Å²) in [5.41, 5.74) is 2.09. The van der Waals surface area contributed by atoms with Crippen molar-refractivity contribution in [1.29, 1.82) is 0 Å². The van der Waals surface area contributed by atoms with Crippen molar-refractivity contribution in [2.45, 2.75) is 25.7 Å². The molecule has 0 bridgehead atoms. The number of rotatable bonds is 9. The molecule has 0 aliphatic rings. The van der Waals surface area contributed by atoms with Crippen LogP contribution in [0.3, 0.4) is 0 Å². The van der Waals surface area contributed by atoms with Gasteiger partial charge in [-0.1, -0.05) is 26.0 Å². The predicted molar refractivity (Wildman–Crippen MR) is 130 cm³/mol. The van der Waals surface area contributed by atoms with Crippen molar-refractivity contribution in [2.24, 2.45) is 0 Å². The van der Waals surface area contributed by atoms with Gasteiger partial charge >= 0.3 is 0 Å². The molecule has 176 valence electrons. The van der Waals surface area contributed by atoms with Crippen LogP contribution in [-0.2, 0) is 10.0 Å². The molecule has 0 saturated carbocycles. The summed E-state index contributed by atoms with van der Waals surface area (Å²) in [6.07, 6.45) is 0. The van der Waals surface area contributed by atoms with Crippen LogP contribution in [0.2, 0.25) is 0 Å². The van der Waals surface area contributed by atoms with E-state index in [2.05, 4.69) is 10.3 Å². The molecule has 0 atom stereocenters. The molecular weight excluding hydrogens is 462 g/mol. The first-order valence-corrected chi connectivity index (χ1v) is 12.7. The van der Waals surface area contributed by atoms with Gasteiger partial charge in [-0.3, -0.25) is 4.79 Å². The second kappa shape index (κ2) is 10.3. The summed E-state index contributed by atoms with van der Waals surface area (Å²) in [6.45, 7) is 6.11. The standard InChI is InChI=1S/C23H27N3O5S2/c1-6-26(7-2)33(28,29)16-12-11-15(3)18(13-16)24-22(27)19-14-32-23(25-19)17-9-8-10-20(30-4)21(17)31-5/h8-14H,6-7H2,1-5H3,(H,24,27). The summed E-state index contributed by atoms with van der Waals surface area (Å²) in [7, 11) is -0.543. The summed E-state index contributed by atoms with van der Waals surface area (Å²) in [6, 6.07) is 10.2. The normalized spacial score (nSPS) is 11.5. The molecule has 8 nitrogen and oxygen atoms in total. The van der Waals surface area contributed by atoms with Crippen molar-refractivity contribution in [3.8, 4) is 22.1 Å². The first kappa shape index (κ1) is 24.7. The first-order valence-electron chi connectivity index (χ1n) is 10.4. The van der Waals surface area contributed by atoms with Gasteiger partial charge < -0.3 is 14.8 Å². The number of benzene rings is 2. The van der Waals surface area contributed by atoms with E-state index >= 15 is 0 Å². The van der Waals surface area contributed by atoms with E-state index in [0.717, 1.165) is 5.56 Å². The van der Waals surface area contributed by atoms with E-state index in [4.69, 9.17) is 9.47 Å². The first-order chi connectivity index (χ1) is 15.8. The number of carbonyl (C=O) groups is 1. The highest BCUT2D eigenvalue weighted by atomic mass is 32.2. The SMILES string of the molecule is CCN(CC)S(=O)(=O)c1ccc(C)c(NC(=O)c2csc(-c3cccc(OC)c3OC)n2)c1. The Labute approximate surface area is 198 Å². The van der Waals surface area contributed by atoms with E-state index < -0.39 is 15.9 Å². The monoisotopic (exact) mass is 489 g/mol. The Balaban J connectivity index is 1.89. The van der Waals surface area contributed by atoms with Crippen molar-refractivity contribution >= 4 is 33.0 Å². The van der Waals surface area contributed by atoms with Gasteiger partial charge in [0.1, 0.15) is 10.7 Å². The number of sulfonamides is 1. The fraction of sp³-hybridized carbons (Fsp3) is 0.304. The van der Waals surface area contributed by atoms with Crippen LogP contribution in [0.15, 0.2) is 46.7 Å². The molecule has 0 radical (unpaired) electrons. The topological polar surface area (TPSA) is 97.8 Å². The fourth-order valence-corrected chi connectivity index (χ4v) is 5.66. The molecule has 0 aliphatic heterocycles. The Morgan fingerprint density at radius 1 is 1.12 bits per heavy atom. The van der Waals surface area contributed by atoms with Crippen molar-refractivity contribution in [3.05, 3.63) is 53.0 Å². The van der Waals surface area contributed by atoms with E-state index in [1.807, 2.05) is 12.1 Å². The Kier molecular flexibility index (Phi) is 7.72. The van der Waals surface area contributed by atoms with E-state index in [0.29, 0.717) is 40.8 Å². The van der Waals surface area contributed by atoms with Crippen LogP contribution >= 0.6 is 11.3 Å². The molecule has 0 spiro atoms. The quantitative estimate of drug-likeness (QED) is 0.478. The minimum atomic E-state index is -3.64. The maximum Gasteiger partial charge on any atom is 0.275 e. The van der Waals surface area contributed by atoms with Crippen molar-refractivity contribution in [3.63, 3.8) is 0 Å². The van der Waals surface area contributed by atoms with Gasteiger partial charge in [-0.05, 0) is 36.8 Å². The van der Waals surface area contributed by atoms with Crippen LogP contribution in [0.1, 0.15) is 29.9 Å². The van der Waals surface area contributed by atoms with Gasteiger partial charge in [-0.15, -0.1) is 11.3 Å². The maximum atomic E-state index is 12.9. The van der Waals surface area contributed by atoms with Crippen LogP contribution in [0.25, 0.3) is 10.6 Å². The number of aryl methyl sites for hydroxylation is 1. The predicted octanol–water partition coefficient (Wildman–Crippen LogP) is 4.42. The highest BCUT2D eigenvalue weighted by molar-refractivity contribution is 7.89. The molecule has 10 heteroatoms. The lowest BCUT2D eigenvalue weighted by Crippen LogP contribution is -2.30. The van der Waals surface area contributed by atoms with E-state index in [-0.39, 0.29) is 10.6 Å². The third-order valence-electron chi connectivity index (χ3n) is 5.17. The van der Waals surface area contributed by atoms with Crippen LogP contribution < -0.4 is 14.8 Å². The molecule has 0 saturated heterocycles. The molecule has 0 unspecified atom stereocenters. The fourth-order valence-electron chi connectivity index (χ4n) is 3.35. The number of nitrogens with one attached hydrogen (secondary N) is 1. The zero-order valence-electron chi connectivity index (χ0n) is 19.2. The van der Waals surface area contributed by atoms with Gasteiger partial charge in [0.2, 0.25) is 10.0 Å². The second-order valence-corrected chi connectivity index (χ2v) is 9.90. The maximum absolute atomic E-state index is 12.9. The number of nitrogens with zero attached hydrogens (tertiary/aromatic N) is 2. The molecule has 1 aromatic heterocycles. The zero-order chi connectivity index (χ0) is 24.2. The van der Waals surface area contributed by atoms with Gasteiger partial charge in [0.15, 0.2) is 11.5 Å². The highest BCUT2D eigenvalue weighted by Gasteiger charge is 2.23. The minimum Gasteiger partial charge on any atom is -0.493 e. The summed E-state index contributed by atoms with van der Waals surface area (Å²) in [5, 5.41) is 5.05. The second-order valence-electron chi connectivity index (χ2n) is 7.10.